The van der Waals surface area contributed by atoms with Gasteiger partial charge < -0.3 is 10.2 Å². The van der Waals surface area contributed by atoms with Crippen LogP contribution in [0.3, 0.4) is 0 Å². The van der Waals surface area contributed by atoms with E-state index in [1.54, 1.807) is 0 Å². The van der Waals surface area contributed by atoms with Crippen LogP contribution in [-0.4, -0.2) is 17.8 Å². The summed E-state index contributed by atoms with van der Waals surface area (Å²) in [6.07, 6.45) is 8.12. The van der Waals surface area contributed by atoms with Crippen molar-refractivity contribution in [1.29, 1.82) is 0 Å². The topological polar surface area (TPSA) is 32.3 Å². The van der Waals surface area contributed by atoms with E-state index in [2.05, 4.69) is 69.2 Å². The Morgan fingerprint density at radius 3 is 2.48 bits per heavy atom. The molecule has 1 aromatic rings. The fourth-order valence-corrected chi connectivity index (χ4v) is 4.18. The number of carbonyl (C=O) groups excluding carboxylic acids is 1. The van der Waals surface area contributed by atoms with Crippen LogP contribution in [0.5, 0.6) is 0 Å². The summed E-state index contributed by atoms with van der Waals surface area (Å²) in [4.78, 5) is 14.7. The molecule has 0 saturated heterocycles. The quantitative estimate of drug-likeness (QED) is 0.636. The Balaban J connectivity index is 1.80. The minimum Gasteiger partial charge on any atom is -0.347 e. The molecule has 0 spiro atoms. The predicted octanol–water partition coefficient (Wildman–Crippen LogP) is 6.10. The van der Waals surface area contributed by atoms with Gasteiger partial charge >= 0.3 is 0 Å². The van der Waals surface area contributed by atoms with Gasteiger partial charge in [-0.1, -0.05) is 26.8 Å². The highest BCUT2D eigenvalue weighted by atomic mass is 35.5. The minimum absolute atomic E-state index is 0.0148. The first kappa shape index (κ1) is 20.0. The van der Waals surface area contributed by atoms with Gasteiger partial charge in [-0.25, -0.2) is 0 Å². The average Bonchev–Trinajstić information content (AvgIpc) is 2.56. The lowest BCUT2D eigenvalue weighted by Crippen LogP contribution is -2.26. The zero-order chi connectivity index (χ0) is 19.8. The number of benzene rings is 1. The molecule has 0 bridgehead atoms. The van der Waals surface area contributed by atoms with Gasteiger partial charge in [-0.2, -0.15) is 0 Å². The molecule has 0 saturated carbocycles. The van der Waals surface area contributed by atoms with Crippen molar-refractivity contribution in [3.8, 4) is 0 Å². The summed E-state index contributed by atoms with van der Waals surface area (Å²) in [5.41, 5.74) is 7.17. The van der Waals surface area contributed by atoms with Crippen LogP contribution in [0.4, 0.5) is 11.4 Å². The van der Waals surface area contributed by atoms with Gasteiger partial charge in [0.05, 0.1) is 5.38 Å². The number of allylic oxidation sites excluding steroid dienone is 2. The number of halogens is 1. The van der Waals surface area contributed by atoms with Crippen LogP contribution in [-0.2, 0) is 4.79 Å². The molecule has 1 aliphatic carbocycles. The van der Waals surface area contributed by atoms with Gasteiger partial charge in [0.25, 0.3) is 0 Å². The number of hydrogen-bond donors (Lipinski definition) is 1. The SMILES string of the molecule is Cc1cc(N2C=C3CCC(Cl)C=C3CC2)cc(C)c1NC(=O)CC(C)(C)C. The van der Waals surface area contributed by atoms with E-state index in [9.17, 15) is 4.79 Å². The third-order valence-corrected chi connectivity index (χ3v) is 5.57. The molecule has 27 heavy (non-hydrogen) atoms. The molecule has 1 aliphatic heterocycles. The lowest BCUT2D eigenvalue weighted by molar-refractivity contribution is -0.117. The Morgan fingerprint density at radius 2 is 1.85 bits per heavy atom. The van der Waals surface area contributed by atoms with E-state index in [0.717, 1.165) is 42.6 Å². The standard InChI is InChI=1S/C23H31ClN2O/c1-15-10-20(11-16(2)22(15)25-21(27)13-23(3,4)5)26-9-8-17-12-19(24)7-6-18(17)14-26/h10-12,14,19H,6-9,13H2,1-5H3,(H,25,27). The fourth-order valence-electron chi connectivity index (χ4n) is 3.92. The number of carbonyl (C=O) groups is 1. The second kappa shape index (κ2) is 7.71. The molecule has 1 amide bonds. The zero-order valence-electron chi connectivity index (χ0n) is 17.2. The second-order valence-corrected chi connectivity index (χ2v) is 9.65. The molecule has 0 radical (unpaired) electrons. The Labute approximate surface area is 168 Å². The summed E-state index contributed by atoms with van der Waals surface area (Å²) in [5.74, 6) is 0.0779. The van der Waals surface area contributed by atoms with Crippen LogP contribution >= 0.6 is 11.6 Å². The molecule has 3 nitrogen and oxygen atoms in total. The number of hydrogen-bond acceptors (Lipinski definition) is 2. The predicted molar refractivity (Wildman–Crippen MR) is 116 cm³/mol. The van der Waals surface area contributed by atoms with Gasteiger partial charge in [-0.3, -0.25) is 4.79 Å². The zero-order valence-corrected chi connectivity index (χ0v) is 17.9. The maximum Gasteiger partial charge on any atom is 0.224 e. The van der Waals surface area contributed by atoms with Crippen molar-refractivity contribution in [2.75, 3.05) is 16.8 Å². The van der Waals surface area contributed by atoms with E-state index < -0.39 is 0 Å². The van der Waals surface area contributed by atoms with Gasteiger partial charge in [0.1, 0.15) is 0 Å². The normalized spacial score (nSPS) is 19.9. The van der Waals surface area contributed by atoms with Gasteiger partial charge in [0, 0.05) is 30.5 Å². The number of nitrogens with one attached hydrogen (secondary N) is 1. The van der Waals surface area contributed by atoms with Crippen LogP contribution in [0.2, 0.25) is 0 Å². The molecule has 1 unspecified atom stereocenters. The molecule has 4 heteroatoms. The third kappa shape index (κ3) is 4.95. The molecular formula is C23H31ClN2O. The molecule has 1 aromatic carbocycles. The molecule has 146 valence electrons. The molecule has 1 N–H and O–H groups in total. The fraction of sp³-hybridized carbons (Fsp3) is 0.522. The van der Waals surface area contributed by atoms with Crippen molar-refractivity contribution < 1.29 is 4.79 Å². The Kier molecular flexibility index (Phi) is 5.71. The molecule has 3 rings (SSSR count). The average molecular weight is 387 g/mol. The maximum absolute atomic E-state index is 12.4. The summed E-state index contributed by atoms with van der Waals surface area (Å²) in [5, 5.41) is 3.30. The monoisotopic (exact) mass is 386 g/mol. The van der Waals surface area contributed by atoms with Crippen molar-refractivity contribution in [1.82, 2.24) is 0 Å². The Hall–Kier alpha value is -1.74. The van der Waals surface area contributed by atoms with E-state index in [4.69, 9.17) is 11.6 Å². The smallest absolute Gasteiger partial charge is 0.224 e. The van der Waals surface area contributed by atoms with Crippen LogP contribution < -0.4 is 10.2 Å². The number of nitrogens with zero attached hydrogens (tertiary/aromatic N) is 1. The summed E-state index contributed by atoms with van der Waals surface area (Å²) in [7, 11) is 0. The molecule has 0 aromatic heterocycles. The molecule has 0 fully saturated rings. The number of fused-ring (bicyclic) bond motifs is 1. The van der Waals surface area contributed by atoms with Gasteiger partial charge in [0.15, 0.2) is 0 Å². The summed E-state index contributed by atoms with van der Waals surface area (Å²) in [6, 6.07) is 4.36. The molecular weight excluding hydrogens is 356 g/mol. The lowest BCUT2D eigenvalue weighted by atomic mass is 9.89. The first-order valence-corrected chi connectivity index (χ1v) is 10.3. The van der Waals surface area contributed by atoms with E-state index >= 15 is 0 Å². The first-order valence-electron chi connectivity index (χ1n) is 9.86. The minimum atomic E-state index is -0.0148. The van der Waals surface area contributed by atoms with Crippen LogP contribution in [0.15, 0.2) is 35.6 Å². The number of anilines is 2. The maximum atomic E-state index is 12.4. The van der Waals surface area contributed by atoms with Crippen molar-refractivity contribution in [2.45, 2.75) is 65.7 Å². The highest BCUT2D eigenvalue weighted by molar-refractivity contribution is 6.22. The van der Waals surface area contributed by atoms with E-state index in [-0.39, 0.29) is 16.7 Å². The highest BCUT2D eigenvalue weighted by Gasteiger charge is 2.22. The number of alkyl halides is 1. The van der Waals surface area contributed by atoms with E-state index in [1.165, 1.54) is 16.8 Å². The van der Waals surface area contributed by atoms with Gasteiger partial charge in [0.2, 0.25) is 5.91 Å². The Morgan fingerprint density at radius 1 is 1.19 bits per heavy atom. The van der Waals surface area contributed by atoms with Gasteiger partial charge in [-0.15, -0.1) is 11.6 Å². The van der Waals surface area contributed by atoms with Crippen molar-refractivity contribution >= 4 is 28.9 Å². The van der Waals surface area contributed by atoms with Crippen LogP contribution in [0.25, 0.3) is 0 Å². The number of amides is 1. The molecule has 1 atom stereocenters. The molecule has 1 heterocycles. The Bertz CT molecular complexity index is 778. The van der Waals surface area contributed by atoms with Crippen molar-refractivity contribution in [2.24, 2.45) is 5.41 Å². The third-order valence-electron chi connectivity index (χ3n) is 5.22. The van der Waals surface area contributed by atoms with Crippen LogP contribution in [0.1, 0.15) is 57.6 Å². The molecule has 2 aliphatic rings. The first-order chi connectivity index (χ1) is 12.6. The van der Waals surface area contributed by atoms with E-state index in [1.807, 2.05) is 0 Å². The number of rotatable bonds is 3. The summed E-state index contributed by atoms with van der Waals surface area (Å²) in [6.45, 7) is 11.4. The van der Waals surface area contributed by atoms with Crippen molar-refractivity contribution in [3.63, 3.8) is 0 Å². The van der Waals surface area contributed by atoms with Gasteiger partial charge in [-0.05, 0) is 72.9 Å². The summed E-state index contributed by atoms with van der Waals surface area (Å²) >= 11 is 6.28. The largest absolute Gasteiger partial charge is 0.347 e. The van der Waals surface area contributed by atoms with Crippen molar-refractivity contribution in [3.05, 3.63) is 46.7 Å². The second-order valence-electron chi connectivity index (χ2n) is 9.08. The highest BCUT2D eigenvalue weighted by Crippen LogP contribution is 2.36. The van der Waals surface area contributed by atoms with E-state index in [0.29, 0.717) is 6.42 Å². The number of aryl methyl sites for hydroxylation is 2. The van der Waals surface area contributed by atoms with Crippen LogP contribution in [0, 0.1) is 19.3 Å². The lowest BCUT2D eigenvalue weighted by Gasteiger charge is -2.32. The summed E-state index contributed by atoms with van der Waals surface area (Å²) < 4.78 is 0.